The van der Waals surface area contributed by atoms with Gasteiger partial charge in [0.15, 0.2) is 0 Å². The van der Waals surface area contributed by atoms with Crippen molar-refractivity contribution < 1.29 is 4.92 Å². The van der Waals surface area contributed by atoms with Gasteiger partial charge in [0.1, 0.15) is 0 Å². The Bertz CT molecular complexity index is 662. The first-order chi connectivity index (χ1) is 9.95. The van der Waals surface area contributed by atoms with Crippen molar-refractivity contribution in [2.75, 3.05) is 0 Å². The quantitative estimate of drug-likeness (QED) is 0.588. The molecule has 0 amide bonds. The van der Waals surface area contributed by atoms with E-state index in [2.05, 4.69) is 31.9 Å². The summed E-state index contributed by atoms with van der Waals surface area (Å²) < 4.78 is 1.69. The van der Waals surface area contributed by atoms with E-state index in [1.165, 1.54) is 6.07 Å². The molecular weight excluding hydrogens is 400 g/mol. The minimum Gasteiger partial charge on any atom is -0.327 e. The Kier molecular flexibility index (Phi) is 5.50. The van der Waals surface area contributed by atoms with Crippen LogP contribution in [-0.4, -0.2) is 11.0 Å². The van der Waals surface area contributed by atoms with Gasteiger partial charge in [0, 0.05) is 26.6 Å². The molecule has 1 unspecified atom stereocenters. The fourth-order valence-corrected chi connectivity index (χ4v) is 3.00. The topological polar surface area (TPSA) is 69.2 Å². The second kappa shape index (κ2) is 7.15. The van der Waals surface area contributed by atoms with Gasteiger partial charge in [-0.1, -0.05) is 50.1 Å². The summed E-state index contributed by atoms with van der Waals surface area (Å²) in [6.07, 6.45) is 1.14. The van der Waals surface area contributed by atoms with Gasteiger partial charge < -0.3 is 5.73 Å². The van der Waals surface area contributed by atoms with Crippen LogP contribution in [0.2, 0.25) is 0 Å². The lowest BCUT2D eigenvalue weighted by Gasteiger charge is -2.12. The molecule has 0 aliphatic carbocycles. The molecule has 0 aliphatic rings. The highest BCUT2D eigenvalue weighted by atomic mass is 79.9. The molecule has 2 rings (SSSR count). The first-order valence-corrected chi connectivity index (χ1v) is 7.97. The molecule has 0 spiro atoms. The van der Waals surface area contributed by atoms with Crippen molar-refractivity contribution in [2.45, 2.75) is 18.9 Å². The highest BCUT2D eigenvalue weighted by Crippen LogP contribution is 2.25. The number of hydrogen-bond donors (Lipinski definition) is 1. The van der Waals surface area contributed by atoms with Crippen LogP contribution in [0.3, 0.4) is 0 Å². The number of nitro groups is 1. The van der Waals surface area contributed by atoms with Gasteiger partial charge in [0.05, 0.1) is 4.92 Å². The largest absolute Gasteiger partial charge is 0.327 e. The number of nitro benzene ring substituents is 1. The molecule has 4 nitrogen and oxygen atoms in total. The maximum Gasteiger partial charge on any atom is 0.273 e. The van der Waals surface area contributed by atoms with Crippen LogP contribution in [0, 0.1) is 10.1 Å². The number of halogens is 2. The van der Waals surface area contributed by atoms with Crippen LogP contribution in [-0.2, 0) is 12.8 Å². The van der Waals surface area contributed by atoms with Crippen molar-refractivity contribution in [3.63, 3.8) is 0 Å². The van der Waals surface area contributed by atoms with E-state index in [-0.39, 0.29) is 16.7 Å². The minimum atomic E-state index is -0.369. The van der Waals surface area contributed by atoms with Gasteiger partial charge in [0.25, 0.3) is 5.69 Å². The van der Waals surface area contributed by atoms with E-state index in [4.69, 9.17) is 5.73 Å². The maximum atomic E-state index is 11.1. The molecule has 2 N–H and O–H groups in total. The third-order valence-corrected chi connectivity index (χ3v) is 4.10. The van der Waals surface area contributed by atoms with Crippen LogP contribution >= 0.6 is 31.9 Å². The van der Waals surface area contributed by atoms with E-state index in [1.54, 1.807) is 12.1 Å². The van der Waals surface area contributed by atoms with E-state index in [0.29, 0.717) is 22.9 Å². The fraction of sp³-hybridized carbons (Fsp3) is 0.200. The maximum absolute atomic E-state index is 11.1. The summed E-state index contributed by atoms with van der Waals surface area (Å²) in [5.41, 5.74) is 8.02. The second-order valence-corrected chi connectivity index (χ2v) is 6.66. The number of rotatable bonds is 5. The number of nitrogens with zero attached hydrogens (tertiary/aromatic N) is 1. The molecule has 1 atom stereocenters. The highest BCUT2D eigenvalue weighted by molar-refractivity contribution is 9.10. The van der Waals surface area contributed by atoms with Gasteiger partial charge in [-0.15, -0.1) is 0 Å². The average Bonchev–Trinajstić information content (AvgIpc) is 2.40. The van der Waals surface area contributed by atoms with Crippen LogP contribution in [0.1, 0.15) is 11.1 Å². The molecule has 0 heterocycles. The molecule has 0 fully saturated rings. The number of nitrogens with two attached hydrogens (primary N) is 1. The predicted octanol–water partition coefficient (Wildman–Crippen LogP) is 4.23. The summed E-state index contributed by atoms with van der Waals surface area (Å²) in [4.78, 5) is 10.7. The SMILES string of the molecule is NC(Cc1cccc(Br)c1)Cc1ccc(Br)cc1[N+](=O)[O-]. The molecule has 0 radical (unpaired) electrons. The van der Waals surface area contributed by atoms with Crippen molar-refractivity contribution in [1.82, 2.24) is 0 Å². The van der Waals surface area contributed by atoms with Crippen molar-refractivity contribution in [2.24, 2.45) is 5.73 Å². The molecule has 0 saturated carbocycles. The third kappa shape index (κ3) is 4.62. The summed E-state index contributed by atoms with van der Waals surface area (Å²) in [5, 5.41) is 11.1. The number of benzene rings is 2. The molecule has 0 bridgehead atoms. The van der Waals surface area contributed by atoms with E-state index >= 15 is 0 Å². The standard InChI is InChI=1S/C15H14Br2N2O2/c16-12-3-1-2-10(6-12)7-14(18)8-11-4-5-13(17)9-15(11)19(20)21/h1-6,9,14H,7-8,18H2. The summed E-state index contributed by atoms with van der Waals surface area (Å²) in [5.74, 6) is 0. The summed E-state index contributed by atoms with van der Waals surface area (Å²) in [6.45, 7) is 0. The van der Waals surface area contributed by atoms with Crippen molar-refractivity contribution in [1.29, 1.82) is 0 Å². The lowest BCUT2D eigenvalue weighted by Crippen LogP contribution is -2.25. The Morgan fingerprint density at radius 3 is 2.48 bits per heavy atom. The average molecular weight is 414 g/mol. The van der Waals surface area contributed by atoms with E-state index in [1.807, 2.05) is 24.3 Å². The van der Waals surface area contributed by atoms with Crippen LogP contribution in [0.25, 0.3) is 0 Å². The summed E-state index contributed by atoms with van der Waals surface area (Å²) in [7, 11) is 0. The van der Waals surface area contributed by atoms with E-state index in [0.717, 1.165) is 10.0 Å². The minimum absolute atomic E-state index is 0.106. The van der Waals surface area contributed by atoms with Gasteiger partial charge in [-0.25, -0.2) is 0 Å². The normalized spacial score (nSPS) is 12.1. The van der Waals surface area contributed by atoms with Gasteiger partial charge in [-0.2, -0.15) is 0 Å². The number of hydrogen-bond acceptors (Lipinski definition) is 3. The zero-order valence-electron chi connectivity index (χ0n) is 11.1. The smallest absolute Gasteiger partial charge is 0.273 e. The zero-order valence-corrected chi connectivity index (χ0v) is 14.3. The molecule has 0 aromatic heterocycles. The lowest BCUT2D eigenvalue weighted by atomic mass is 9.99. The Labute approximate surface area is 139 Å². The second-order valence-electron chi connectivity index (χ2n) is 4.83. The molecule has 6 heteroatoms. The fourth-order valence-electron chi connectivity index (χ4n) is 2.20. The van der Waals surface area contributed by atoms with Gasteiger partial charge in [0.2, 0.25) is 0 Å². The van der Waals surface area contributed by atoms with Crippen LogP contribution < -0.4 is 5.73 Å². The molecule has 21 heavy (non-hydrogen) atoms. The van der Waals surface area contributed by atoms with Gasteiger partial charge in [-0.3, -0.25) is 10.1 Å². The Hall–Kier alpha value is -1.24. The lowest BCUT2D eigenvalue weighted by molar-refractivity contribution is -0.385. The van der Waals surface area contributed by atoms with Crippen molar-refractivity contribution in [3.8, 4) is 0 Å². The summed E-state index contributed by atoms with van der Waals surface area (Å²) in [6, 6.07) is 12.8. The summed E-state index contributed by atoms with van der Waals surface area (Å²) >= 11 is 6.67. The Morgan fingerprint density at radius 1 is 1.10 bits per heavy atom. The molecule has 2 aromatic carbocycles. The zero-order chi connectivity index (χ0) is 15.4. The monoisotopic (exact) mass is 412 g/mol. The third-order valence-electron chi connectivity index (χ3n) is 3.11. The Balaban J connectivity index is 2.12. The molecular formula is C15H14Br2N2O2. The molecule has 0 aliphatic heterocycles. The highest BCUT2D eigenvalue weighted by Gasteiger charge is 2.17. The Morgan fingerprint density at radius 2 is 1.81 bits per heavy atom. The predicted molar refractivity (Wildman–Crippen MR) is 90.3 cm³/mol. The van der Waals surface area contributed by atoms with Crippen molar-refractivity contribution in [3.05, 3.63) is 72.7 Å². The van der Waals surface area contributed by atoms with Gasteiger partial charge >= 0.3 is 0 Å². The first-order valence-electron chi connectivity index (χ1n) is 6.38. The van der Waals surface area contributed by atoms with Gasteiger partial charge in [-0.05, 0) is 36.6 Å². The molecule has 110 valence electrons. The van der Waals surface area contributed by atoms with E-state index in [9.17, 15) is 10.1 Å². The first kappa shape index (κ1) is 16.1. The molecule has 2 aromatic rings. The molecule has 0 saturated heterocycles. The van der Waals surface area contributed by atoms with E-state index < -0.39 is 0 Å². The van der Waals surface area contributed by atoms with Crippen molar-refractivity contribution >= 4 is 37.5 Å². The van der Waals surface area contributed by atoms with Crippen LogP contribution in [0.15, 0.2) is 51.4 Å². The van der Waals surface area contributed by atoms with Crippen LogP contribution in [0.4, 0.5) is 5.69 Å². The van der Waals surface area contributed by atoms with Crippen LogP contribution in [0.5, 0.6) is 0 Å².